The maximum absolute atomic E-state index is 12.9. The Bertz CT molecular complexity index is 1290. The van der Waals surface area contributed by atoms with E-state index in [1.54, 1.807) is 0 Å². The van der Waals surface area contributed by atoms with E-state index < -0.39 is 6.10 Å². The van der Waals surface area contributed by atoms with Gasteiger partial charge in [-0.3, -0.25) is 14.4 Å². The third-order valence-corrected chi connectivity index (χ3v) is 13.8. The maximum Gasteiger partial charge on any atom is 0.306 e. The van der Waals surface area contributed by atoms with Gasteiger partial charge in [0.15, 0.2) is 6.10 Å². The molecule has 418 valence electrons. The molecule has 6 heteroatoms. The molecule has 0 saturated heterocycles. The number of ether oxygens (including phenoxy) is 3. The van der Waals surface area contributed by atoms with Gasteiger partial charge in [0, 0.05) is 19.3 Å². The number of hydrogen-bond acceptors (Lipinski definition) is 6. The lowest BCUT2D eigenvalue weighted by atomic mass is 10.0. The van der Waals surface area contributed by atoms with Crippen LogP contribution < -0.4 is 0 Å². The second-order valence-corrected chi connectivity index (χ2v) is 21.0. The molecule has 0 aromatic carbocycles. The third kappa shape index (κ3) is 58.0. The van der Waals surface area contributed by atoms with Gasteiger partial charge < -0.3 is 14.2 Å². The van der Waals surface area contributed by atoms with Crippen LogP contribution in [0.3, 0.4) is 0 Å². The molecule has 0 heterocycles. The lowest BCUT2D eigenvalue weighted by molar-refractivity contribution is -0.167. The van der Waals surface area contributed by atoms with Gasteiger partial charge in [-0.05, 0) is 64.2 Å². The highest BCUT2D eigenvalue weighted by Crippen LogP contribution is 2.17. The molecule has 6 nitrogen and oxygen atoms in total. The minimum atomic E-state index is -0.788. The predicted octanol–water partition coefficient (Wildman–Crippen LogP) is 21.2. The number of carbonyl (C=O) groups excluding carboxylic acids is 3. The van der Waals surface area contributed by atoms with Gasteiger partial charge >= 0.3 is 17.9 Å². The van der Waals surface area contributed by atoms with Crippen molar-refractivity contribution in [3.63, 3.8) is 0 Å². The smallest absolute Gasteiger partial charge is 0.306 e. The van der Waals surface area contributed by atoms with Crippen LogP contribution in [0.5, 0.6) is 0 Å². The van der Waals surface area contributed by atoms with E-state index in [4.69, 9.17) is 14.2 Å². The fourth-order valence-corrected chi connectivity index (χ4v) is 9.12. The summed E-state index contributed by atoms with van der Waals surface area (Å²) in [6, 6.07) is 0. The van der Waals surface area contributed by atoms with E-state index in [0.29, 0.717) is 19.3 Å². The first-order valence-corrected chi connectivity index (χ1v) is 31.3. The Kier molecular flexibility index (Phi) is 58.2. The first-order valence-electron chi connectivity index (χ1n) is 31.3. The lowest BCUT2D eigenvalue weighted by Crippen LogP contribution is -2.30. The van der Waals surface area contributed by atoms with Crippen molar-refractivity contribution in [2.45, 2.75) is 329 Å². The normalized spacial score (nSPS) is 12.4. The van der Waals surface area contributed by atoms with Crippen LogP contribution in [0, 0.1) is 0 Å². The fraction of sp³-hybridized carbons (Fsp3) is 0.803. The molecule has 72 heavy (non-hydrogen) atoms. The molecular weight excluding hydrogens is 889 g/mol. The molecule has 1 unspecified atom stereocenters. The largest absolute Gasteiger partial charge is 0.462 e. The summed E-state index contributed by atoms with van der Waals surface area (Å²) in [5, 5.41) is 0. The molecule has 0 rings (SSSR count). The molecule has 0 aromatic heterocycles. The number of rotatable bonds is 57. The standard InChI is InChI=1S/C66H118O6/c1-4-7-10-13-16-19-22-24-26-28-30-31-32-33-34-35-37-38-40-42-44-47-50-53-56-59-65(68)71-62-63(61-70-64(67)58-55-52-49-46-21-18-15-12-9-6-3)72-66(69)60-57-54-51-48-45-43-41-39-36-29-27-25-23-20-17-14-11-8-5-2/h8,11,17,20,25,27,36,39,43,45,63H,4-7,9-10,12-16,18-19,21-24,26,28-35,37-38,40-42,44,46-62H2,1-3H3/b11-8-,20-17-,27-25-,39-36-,45-43-. The van der Waals surface area contributed by atoms with Gasteiger partial charge in [0.2, 0.25) is 0 Å². The first-order chi connectivity index (χ1) is 35.5. The van der Waals surface area contributed by atoms with Crippen molar-refractivity contribution in [1.82, 2.24) is 0 Å². The van der Waals surface area contributed by atoms with E-state index in [1.807, 2.05) is 0 Å². The summed E-state index contributed by atoms with van der Waals surface area (Å²) < 4.78 is 16.9. The van der Waals surface area contributed by atoms with Gasteiger partial charge in [0.1, 0.15) is 13.2 Å². The van der Waals surface area contributed by atoms with Crippen LogP contribution >= 0.6 is 0 Å². The summed E-state index contributed by atoms with van der Waals surface area (Å²) in [7, 11) is 0. The Morgan fingerprint density at radius 2 is 0.542 bits per heavy atom. The van der Waals surface area contributed by atoms with Gasteiger partial charge in [-0.1, -0.05) is 300 Å². The van der Waals surface area contributed by atoms with Crippen LogP contribution in [0.15, 0.2) is 60.8 Å². The van der Waals surface area contributed by atoms with Crippen LogP contribution in [0.4, 0.5) is 0 Å². The van der Waals surface area contributed by atoms with E-state index in [9.17, 15) is 14.4 Å². The van der Waals surface area contributed by atoms with Gasteiger partial charge in [-0.25, -0.2) is 0 Å². The molecule has 0 aliphatic heterocycles. The fourth-order valence-electron chi connectivity index (χ4n) is 9.12. The molecular formula is C66H118O6. The Morgan fingerprint density at radius 1 is 0.292 bits per heavy atom. The van der Waals surface area contributed by atoms with Crippen molar-refractivity contribution in [1.29, 1.82) is 0 Å². The highest BCUT2D eigenvalue weighted by molar-refractivity contribution is 5.71. The maximum atomic E-state index is 12.9. The van der Waals surface area contributed by atoms with E-state index >= 15 is 0 Å². The van der Waals surface area contributed by atoms with Crippen molar-refractivity contribution in [2.24, 2.45) is 0 Å². The van der Waals surface area contributed by atoms with Crippen molar-refractivity contribution in [3.8, 4) is 0 Å². The number of esters is 3. The highest BCUT2D eigenvalue weighted by atomic mass is 16.6. The molecule has 0 aromatic rings. The summed E-state index contributed by atoms with van der Waals surface area (Å²) in [5.74, 6) is -0.902. The zero-order chi connectivity index (χ0) is 52.2. The average molecular weight is 1010 g/mol. The van der Waals surface area contributed by atoms with Crippen LogP contribution in [0.25, 0.3) is 0 Å². The molecule has 0 amide bonds. The van der Waals surface area contributed by atoms with E-state index in [2.05, 4.69) is 81.5 Å². The zero-order valence-electron chi connectivity index (χ0n) is 47.9. The van der Waals surface area contributed by atoms with Gasteiger partial charge in [0.25, 0.3) is 0 Å². The van der Waals surface area contributed by atoms with Crippen molar-refractivity contribution in [2.75, 3.05) is 13.2 Å². The second-order valence-electron chi connectivity index (χ2n) is 21.0. The third-order valence-electron chi connectivity index (χ3n) is 13.8. The summed E-state index contributed by atoms with van der Waals surface area (Å²) >= 11 is 0. The van der Waals surface area contributed by atoms with Gasteiger partial charge in [-0.2, -0.15) is 0 Å². The summed E-state index contributed by atoms with van der Waals surface area (Å²) in [6.07, 6.45) is 76.7. The Labute approximate surface area is 447 Å². The second kappa shape index (κ2) is 60.7. The van der Waals surface area contributed by atoms with Crippen molar-refractivity contribution < 1.29 is 28.6 Å². The summed E-state index contributed by atoms with van der Waals surface area (Å²) in [6.45, 7) is 6.53. The molecule has 0 N–H and O–H groups in total. The molecule has 0 fully saturated rings. The lowest BCUT2D eigenvalue weighted by Gasteiger charge is -2.18. The molecule has 0 aliphatic rings. The molecule has 0 spiro atoms. The molecule has 0 radical (unpaired) electrons. The molecule has 0 aliphatic carbocycles. The zero-order valence-corrected chi connectivity index (χ0v) is 47.9. The van der Waals surface area contributed by atoms with Crippen molar-refractivity contribution in [3.05, 3.63) is 60.8 Å². The number of unbranched alkanes of at least 4 members (excludes halogenated alkanes) is 36. The Hall–Kier alpha value is -2.89. The minimum absolute atomic E-state index is 0.0837. The van der Waals surface area contributed by atoms with Gasteiger partial charge in [0.05, 0.1) is 0 Å². The minimum Gasteiger partial charge on any atom is -0.462 e. The van der Waals surface area contributed by atoms with E-state index in [0.717, 1.165) is 96.3 Å². The van der Waals surface area contributed by atoms with Crippen LogP contribution in [0.1, 0.15) is 323 Å². The SMILES string of the molecule is CC/C=C\C/C=C\C/C=C\C/C=C\C/C=C\CCCCCC(=O)OC(COC(=O)CCCCCCCCCCCC)COC(=O)CCCCCCCCCCCCCCCCCCCCCCCCCCC. The Morgan fingerprint density at radius 3 is 0.847 bits per heavy atom. The monoisotopic (exact) mass is 1010 g/mol. The summed E-state index contributed by atoms with van der Waals surface area (Å²) in [4.78, 5) is 38.2. The summed E-state index contributed by atoms with van der Waals surface area (Å²) in [5.41, 5.74) is 0. The average Bonchev–Trinajstić information content (AvgIpc) is 3.38. The topological polar surface area (TPSA) is 78.9 Å². The van der Waals surface area contributed by atoms with Gasteiger partial charge in [-0.15, -0.1) is 0 Å². The molecule has 1 atom stereocenters. The number of hydrogen-bond donors (Lipinski definition) is 0. The quantitative estimate of drug-likeness (QED) is 0.0261. The Balaban J connectivity index is 4.24. The molecule has 0 saturated carbocycles. The van der Waals surface area contributed by atoms with E-state index in [1.165, 1.54) is 186 Å². The number of allylic oxidation sites excluding steroid dienone is 10. The van der Waals surface area contributed by atoms with Crippen LogP contribution in [-0.4, -0.2) is 37.2 Å². The van der Waals surface area contributed by atoms with E-state index in [-0.39, 0.29) is 31.1 Å². The highest BCUT2D eigenvalue weighted by Gasteiger charge is 2.19. The van der Waals surface area contributed by atoms with Crippen LogP contribution in [0.2, 0.25) is 0 Å². The molecule has 0 bridgehead atoms. The van der Waals surface area contributed by atoms with Crippen LogP contribution in [-0.2, 0) is 28.6 Å². The number of carbonyl (C=O) groups is 3. The first kappa shape index (κ1) is 69.1. The van der Waals surface area contributed by atoms with Crippen molar-refractivity contribution >= 4 is 17.9 Å². The predicted molar refractivity (Wildman–Crippen MR) is 312 cm³/mol.